The van der Waals surface area contributed by atoms with Gasteiger partial charge >= 0.3 is 0 Å². The highest BCUT2D eigenvalue weighted by Gasteiger charge is 2.18. The molecule has 0 aromatic carbocycles. The highest BCUT2D eigenvalue weighted by atomic mass is 16.3. The lowest BCUT2D eigenvalue weighted by Crippen LogP contribution is -2.21. The maximum absolute atomic E-state index is 10.5. The smallest absolute Gasteiger partial charge is 0.151 e. The number of hydrogen-bond donors (Lipinski definition) is 2. The number of carbonyl (C=O) groups excluding carboxylic acids is 1. The lowest BCUT2D eigenvalue weighted by atomic mass is 10.1. The number of azide groups is 1. The third-order valence-electron chi connectivity index (χ3n) is 1.95. The second-order valence-electron chi connectivity index (χ2n) is 3.10. The first-order chi connectivity index (χ1) is 7.69. The van der Waals surface area contributed by atoms with Gasteiger partial charge in [0, 0.05) is 28.4 Å². The van der Waals surface area contributed by atoms with Crippen LogP contribution in [0.25, 0.3) is 10.4 Å². The number of aliphatic hydroxyl groups is 2. The van der Waals surface area contributed by atoms with E-state index in [1.54, 1.807) is 0 Å². The second kappa shape index (κ2) is 5.82. The summed E-state index contributed by atoms with van der Waals surface area (Å²) in [7, 11) is 0. The lowest BCUT2D eigenvalue weighted by molar-refractivity contribution is 0.0242. The zero-order valence-corrected chi connectivity index (χ0v) is 8.26. The van der Waals surface area contributed by atoms with Crippen LogP contribution in [0.3, 0.4) is 0 Å². The Kier molecular flexibility index (Phi) is 4.41. The Morgan fingerprint density at radius 2 is 2.31 bits per heavy atom. The van der Waals surface area contributed by atoms with E-state index in [1.807, 2.05) is 0 Å². The molecule has 16 heavy (non-hydrogen) atoms. The molecule has 7 nitrogen and oxygen atoms in total. The molecule has 0 amide bonds. The normalized spacial score (nSPS) is 13.6. The van der Waals surface area contributed by atoms with Crippen molar-refractivity contribution in [1.29, 1.82) is 0 Å². The quantitative estimate of drug-likeness (QED) is 0.328. The number of rotatable bonds is 5. The van der Waals surface area contributed by atoms with Crippen molar-refractivity contribution in [3.8, 4) is 0 Å². The van der Waals surface area contributed by atoms with Gasteiger partial charge in [-0.1, -0.05) is 5.11 Å². The molecule has 0 aliphatic carbocycles. The predicted octanol–water partition coefficient (Wildman–Crippen LogP) is 0.599. The van der Waals surface area contributed by atoms with Crippen LogP contribution < -0.4 is 0 Å². The molecule has 84 valence electrons. The lowest BCUT2D eigenvalue weighted by Gasteiger charge is -2.15. The molecule has 0 radical (unpaired) electrons. The molecular formula is C9H10N4O3. The molecule has 0 bridgehead atoms. The van der Waals surface area contributed by atoms with Crippen molar-refractivity contribution in [2.24, 2.45) is 5.11 Å². The van der Waals surface area contributed by atoms with Crippen LogP contribution in [0.15, 0.2) is 23.6 Å². The Balaban J connectivity index is 2.81. The molecular weight excluding hydrogens is 212 g/mol. The van der Waals surface area contributed by atoms with Gasteiger partial charge in [0.15, 0.2) is 6.29 Å². The number of aromatic nitrogens is 1. The molecule has 1 aromatic rings. The monoisotopic (exact) mass is 222 g/mol. The average molecular weight is 222 g/mol. The molecule has 1 rings (SSSR count). The molecule has 0 saturated heterocycles. The first-order valence-corrected chi connectivity index (χ1v) is 4.46. The number of aliphatic hydroxyl groups excluding tert-OH is 2. The van der Waals surface area contributed by atoms with E-state index in [9.17, 15) is 15.0 Å². The zero-order valence-electron chi connectivity index (χ0n) is 8.26. The maximum Gasteiger partial charge on any atom is 0.151 e. The van der Waals surface area contributed by atoms with E-state index < -0.39 is 12.2 Å². The SMILES string of the molecule is [N-]=[N+]=NCC(O)C(O)c1cncc(C=O)c1. The fraction of sp³-hybridized carbons (Fsp3) is 0.333. The van der Waals surface area contributed by atoms with E-state index in [-0.39, 0.29) is 6.54 Å². The summed E-state index contributed by atoms with van der Waals surface area (Å²) in [5.41, 5.74) is 8.65. The summed E-state index contributed by atoms with van der Waals surface area (Å²) in [6.45, 7) is -0.247. The van der Waals surface area contributed by atoms with E-state index in [4.69, 9.17) is 5.53 Å². The van der Waals surface area contributed by atoms with Crippen molar-refractivity contribution >= 4 is 6.29 Å². The van der Waals surface area contributed by atoms with Crippen LogP contribution in [0.1, 0.15) is 22.0 Å². The van der Waals surface area contributed by atoms with Crippen molar-refractivity contribution in [2.45, 2.75) is 12.2 Å². The van der Waals surface area contributed by atoms with Crippen LogP contribution >= 0.6 is 0 Å². The Morgan fingerprint density at radius 1 is 1.56 bits per heavy atom. The van der Waals surface area contributed by atoms with Crippen LogP contribution in [0.2, 0.25) is 0 Å². The molecule has 0 aliphatic heterocycles. The minimum absolute atomic E-state index is 0.247. The summed E-state index contributed by atoms with van der Waals surface area (Å²) < 4.78 is 0. The van der Waals surface area contributed by atoms with Gasteiger partial charge in [0.2, 0.25) is 0 Å². The molecule has 2 atom stereocenters. The van der Waals surface area contributed by atoms with Crippen LogP contribution in [0, 0.1) is 0 Å². The third-order valence-corrected chi connectivity index (χ3v) is 1.95. The highest BCUT2D eigenvalue weighted by Crippen LogP contribution is 2.16. The Labute approximate surface area is 91.0 Å². The second-order valence-corrected chi connectivity index (χ2v) is 3.10. The van der Waals surface area contributed by atoms with Gasteiger partial charge in [0.05, 0.1) is 12.6 Å². The molecule has 2 unspecified atom stereocenters. The van der Waals surface area contributed by atoms with Gasteiger partial charge in [-0.3, -0.25) is 9.78 Å². The van der Waals surface area contributed by atoms with Crippen molar-refractivity contribution in [3.05, 3.63) is 40.0 Å². The van der Waals surface area contributed by atoms with Gasteiger partial charge in [-0.2, -0.15) is 0 Å². The standard InChI is InChI=1S/C9H10N4O3/c10-13-12-4-8(15)9(16)7-1-6(5-14)2-11-3-7/h1-3,5,8-9,15-16H,4H2. The molecule has 0 saturated carbocycles. The summed E-state index contributed by atoms with van der Waals surface area (Å²) >= 11 is 0. The topological polar surface area (TPSA) is 119 Å². The summed E-state index contributed by atoms with van der Waals surface area (Å²) in [5, 5.41) is 22.2. The fourth-order valence-electron chi connectivity index (χ4n) is 1.14. The van der Waals surface area contributed by atoms with Gasteiger partial charge in [-0.15, -0.1) is 0 Å². The number of carbonyl (C=O) groups is 1. The van der Waals surface area contributed by atoms with Crippen LogP contribution in [-0.2, 0) is 0 Å². The predicted molar refractivity (Wildman–Crippen MR) is 54.6 cm³/mol. The third kappa shape index (κ3) is 3.03. The summed E-state index contributed by atoms with van der Waals surface area (Å²) in [5.74, 6) is 0. The number of pyridine rings is 1. The summed E-state index contributed by atoms with van der Waals surface area (Å²) in [4.78, 5) is 16.7. The van der Waals surface area contributed by atoms with Crippen LogP contribution in [-0.4, -0.2) is 34.1 Å². The van der Waals surface area contributed by atoms with Gasteiger partial charge < -0.3 is 10.2 Å². The first-order valence-electron chi connectivity index (χ1n) is 4.46. The highest BCUT2D eigenvalue weighted by molar-refractivity contribution is 5.74. The molecule has 1 aromatic heterocycles. The van der Waals surface area contributed by atoms with Gasteiger partial charge in [0.25, 0.3) is 0 Å². The van der Waals surface area contributed by atoms with E-state index >= 15 is 0 Å². The van der Waals surface area contributed by atoms with E-state index in [0.717, 1.165) is 0 Å². The van der Waals surface area contributed by atoms with E-state index in [0.29, 0.717) is 17.4 Å². The largest absolute Gasteiger partial charge is 0.390 e. The minimum Gasteiger partial charge on any atom is -0.390 e. The fourth-order valence-corrected chi connectivity index (χ4v) is 1.14. The zero-order chi connectivity index (χ0) is 12.0. The number of hydrogen-bond acceptors (Lipinski definition) is 5. The molecule has 2 N–H and O–H groups in total. The Morgan fingerprint density at radius 3 is 2.94 bits per heavy atom. The summed E-state index contributed by atoms with van der Waals surface area (Å²) in [6, 6.07) is 1.41. The Hall–Kier alpha value is -1.95. The van der Waals surface area contributed by atoms with Gasteiger partial charge in [-0.05, 0) is 11.6 Å². The van der Waals surface area contributed by atoms with Crippen molar-refractivity contribution in [3.63, 3.8) is 0 Å². The van der Waals surface area contributed by atoms with Gasteiger partial charge in [0.1, 0.15) is 6.10 Å². The van der Waals surface area contributed by atoms with Crippen molar-refractivity contribution in [2.75, 3.05) is 6.54 Å². The van der Waals surface area contributed by atoms with E-state index in [2.05, 4.69) is 15.0 Å². The Bertz CT molecular complexity index is 417. The van der Waals surface area contributed by atoms with Crippen molar-refractivity contribution in [1.82, 2.24) is 4.98 Å². The first kappa shape index (κ1) is 12.1. The number of nitrogens with zero attached hydrogens (tertiary/aromatic N) is 4. The molecule has 7 heteroatoms. The van der Waals surface area contributed by atoms with Crippen LogP contribution in [0.4, 0.5) is 0 Å². The average Bonchev–Trinajstić information content (AvgIpc) is 2.35. The van der Waals surface area contributed by atoms with Crippen LogP contribution in [0.5, 0.6) is 0 Å². The molecule has 0 spiro atoms. The minimum atomic E-state index is -1.24. The molecule has 1 heterocycles. The van der Waals surface area contributed by atoms with E-state index in [1.165, 1.54) is 18.5 Å². The number of aldehydes is 1. The van der Waals surface area contributed by atoms with Crippen molar-refractivity contribution < 1.29 is 15.0 Å². The van der Waals surface area contributed by atoms with Gasteiger partial charge in [-0.25, -0.2) is 0 Å². The maximum atomic E-state index is 10.5. The molecule has 0 fully saturated rings. The summed E-state index contributed by atoms with van der Waals surface area (Å²) in [6.07, 6.45) is 0.792. The molecule has 0 aliphatic rings.